The van der Waals surface area contributed by atoms with Crippen LogP contribution in [-0.2, 0) is 7.05 Å². The summed E-state index contributed by atoms with van der Waals surface area (Å²) in [7, 11) is 1.92. The van der Waals surface area contributed by atoms with E-state index in [1.54, 1.807) is 11.3 Å². The van der Waals surface area contributed by atoms with E-state index in [4.69, 9.17) is 5.84 Å². The Hall–Kier alpha value is -0.690. The molecule has 2 rings (SSSR count). The van der Waals surface area contributed by atoms with Gasteiger partial charge in [-0.3, -0.25) is 10.5 Å². The zero-order valence-corrected chi connectivity index (χ0v) is 11.5. The third kappa shape index (κ3) is 2.06. The first-order chi connectivity index (χ1) is 7.63. The van der Waals surface area contributed by atoms with Gasteiger partial charge in [0.15, 0.2) is 0 Å². The highest BCUT2D eigenvalue weighted by Gasteiger charge is 2.20. The van der Waals surface area contributed by atoms with Crippen LogP contribution in [0, 0.1) is 6.92 Å². The first-order valence-corrected chi connectivity index (χ1v) is 6.50. The highest BCUT2D eigenvalue weighted by Crippen LogP contribution is 2.32. The summed E-state index contributed by atoms with van der Waals surface area (Å²) in [5, 5.41) is 6.36. The molecule has 0 spiro atoms. The molecule has 0 aliphatic rings. The van der Waals surface area contributed by atoms with E-state index >= 15 is 0 Å². The van der Waals surface area contributed by atoms with Gasteiger partial charge in [-0.05, 0) is 40.4 Å². The van der Waals surface area contributed by atoms with Crippen molar-refractivity contribution in [2.45, 2.75) is 13.0 Å². The molecule has 3 N–H and O–H groups in total. The fourth-order valence-corrected chi connectivity index (χ4v) is 3.38. The van der Waals surface area contributed by atoms with E-state index in [0.29, 0.717) is 0 Å². The summed E-state index contributed by atoms with van der Waals surface area (Å²) in [6, 6.07) is 4.03. The van der Waals surface area contributed by atoms with Crippen molar-refractivity contribution in [3.05, 3.63) is 38.3 Å². The van der Waals surface area contributed by atoms with Crippen LogP contribution in [-0.4, -0.2) is 9.78 Å². The number of halogens is 1. The summed E-state index contributed by atoms with van der Waals surface area (Å²) in [5.74, 6) is 5.64. The fourth-order valence-electron chi connectivity index (χ4n) is 1.71. The number of nitrogens with two attached hydrogens (primary N) is 1. The van der Waals surface area contributed by atoms with E-state index in [9.17, 15) is 0 Å². The van der Waals surface area contributed by atoms with Crippen LogP contribution in [0.1, 0.15) is 22.3 Å². The molecular formula is C10H13BrN4S. The van der Waals surface area contributed by atoms with Crippen LogP contribution in [0.4, 0.5) is 0 Å². The fraction of sp³-hybridized carbons (Fsp3) is 0.300. The van der Waals surface area contributed by atoms with Crippen molar-refractivity contribution in [1.29, 1.82) is 0 Å². The van der Waals surface area contributed by atoms with E-state index in [-0.39, 0.29) is 6.04 Å². The Balaban J connectivity index is 2.44. The van der Waals surface area contributed by atoms with Crippen molar-refractivity contribution < 1.29 is 0 Å². The van der Waals surface area contributed by atoms with E-state index < -0.39 is 0 Å². The molecule has 0 amide bonds. The lowest BCUT2D eigenvalue weighted by molar-refractivity contribution is 0.580. The molecule has 0 aliphatic heterocycles. The molecule has 0 radical (unpaired) electrons. The van der Waals surface area contributed by atoms with Crippen LogP contribution in [0.5, 0.6) is 0 Å². The SMILES string of the molecule is Cc1cc(C(NN)c2sccc2Br)n(C)n1. The quantitative estimate of drug-likeness (QED) is 0.674. The summed E-state index contributed by atoms with van der Waals surface area (Å²) >= 11 is 5.19. The molecule has 0 fully saturated rings. The average Bonchev–Trinajstić information content (AvgIpc) is 2.77. The molecule has 2 aromatic heterocycles. The highest BCUT2D eigenvalue weighted by atomic mass is 79.9. The van der Waals surface area contributed by atoms with Crippen molar-refractivity contribution in [2.75, 3.05) is 0 Å². The number of aromatic nitrogens is 2. The van der Waals surface area contributed by atoms with Gasteiger partial charge in [0.2, 0.25) is 0 Å². The molecule has 0 saturated heterocycles. The molecule has 0 aliphatic carbocycles. The van der Waals surface area contributed by atoms with Crippen LogP contribution >= 0.6 is 27.3 Å². The Bertz CT molecular complexity index is 491. The molecule has 1 atom stereocenters. The van der Waals surface area contributed by atoms with Gasteiger partial charge in [-0.2, -0.15) is 5.10 Å². The van der Waals surface area contributed by atoms with Gasteiger partial charge < -0.3 is 0 Å². The van der Waals surface area contributed by atoms with Crippen molar-refractivity contribution in [3.8, 4) is 0 Å². The van der Waals surface area contributed by atoms with Crippen LogP contribution in [0.15, 0.2) is 22.0 Å². The van der Waals surface area contributed by atoms with Gasteiger partial charge >= 0.3 is 0 Å². The summed E-state index contributed by atoms with van der Waals surface area (Å²) in [6.07, 6.45) is 0. The van der Waals surface area contributed by atoms with Gasteiger partial charge in [0.25, 0.3) is 0 Å². The summed E-state index contributed by atoms with van der Waals surface area (Å²) in [6.45, 7) is 1.97. The van der Waals surface area contributed by atoms with Crippen LogP contribution < -0.4 is 11.3 Å². The van der Waals surface area contributed by atoms with Crippen LogP contribution in [0.25, 0.3) is 0 Å². The Morgan fingerprint density at radius 1 is 1.62 bits per heavy atom. The number of hydrogen-bond donors (Lipinski definition) is 2. The van der Waals surface area contributed by atoms with E-state index in [1.165, 1.54) is 0 Å². The first kappa shape index (κ1) is 11.8. The van der Waals surface area contributed by atoms with Crippen molar-refractivity contribution in [1.82, 2.24) is 15.2 Å². The molecule has 2 heterocycles. The second-order valence-corrected chi connectivity index (χ2v) is 5.37. The van der Waals surface area contributed by atoms with Gasteiger partial charge in [0.1, 0.15) is 0 Å². The zero-order chi connectivity index (χ0) is 11.7. The lowest BCUT2D eigenvalue weighted by Crippen LogP contribution is -2.30. The maximum atomic E-state index is 5.64. The number of nitrogens with one attached hydrogen (secondary N) is 1. The van der Waals surface area contributed by atoms with E-state index in [1.807, 2.05) is 36.2 Å². The molecule has 0 aromatic carbocycles. The van der Waals surface area contributed by atoms with Gasteiger partial charge in [-0.1, -0.05) is 0 Å². The molecule has 1 unspecified atom stereocenters. The summed E-state index contributed by atoms with van der Waals surface area (Å²) in [5.41, 5.74) is 4.88. The average molecular weight is 301 g/mol. The number of thiophene rings is 1. The van der Waals surface area contributed by atoms with Crippen molar-refractivity contribution in [2.24, 2.45) is 12.9 Å². The number of nitrogens with zero attached hydrogens (tertiary/aromatic N) is 2. The molecule has 0 bridgehead atoms. The summed E-state index contributed by atoms with van der Waals surface area (Å²) in [4.78, 5) is 1.16. The Kier molecular flexibility index (Phi) is 3.44. The van der Waals surface area contributed by atoms with Gasteiger partial charge in [0, 0.05) is 16.4 Å². The molecule has 2 aromatic rings. The highest BCUT2D eigenvalue weighted by molar-refractivity contribution is 9.10. The lowest BCUT2D eigenvalue weighted by Gasteiger charge is -2.15. The van der Waals surface area contributed by atoms with Gasteiger partial charge in [0.05, 0.1) is 17.4 Å². The zero-order valence-electron chi connectivity index (χ0n) is 9.07. The molecular weight excluding hydrogens is 288 g/mol. The third-order valence-electron chi connectivity index (χ3n) is 2.41. The van der Waals surface area contributed by atoms with Gasteiger partial charge in [-0.15, -0.1) is 11.3 Å². The molecule has 86 valence electrons. The van der Waals surface area contributed by atoms with Crippen LogP contribution in [0.2, 0.25) is 0 Å². The second-order valence-electron chi connectivity index (χ2n) is 3.57. The predicted molar refractivity (Wildman–Crippen MR) is 69.1 cm³/mol. The van der Waals surface area contributed by atoms with Crippen LogP contribution in [0.3, 0.4) is 0 Å². The topological polar surface area (TPSA) is 55.9 Å². The number of aryl methyl sites for hydroxylation is 2. The maximum absolute atomic E-state index is 5.64. The minimum atomic E-state index is -0.0272. The largest absolute Gasteiger partial charge is 0.270 e. The lowest BCUT2D eigenvalue weighted by atomic mass is 10.1. The van der Waals surface area contributed by atoms with E-state index in [0.717, 1.165) is 20.7 Å². The standard InChI is InChI=1S/C10H13BrN4S/c1-6-5-8(15(2)14-6)9(13-12)10-7(11)3-4-16-10/h3-5,9,13H,12H2,1-2H3. The molecule has 4 nitrogen and oxygen atoms in total. The second kappa shape index (κ2) is 4.67. The Morgan fingerprint density at radius 3 is 2.81 bits per heavy atom. The molecule has 0 saturated carbocycles. The monoisotopic (exact) mass is 300 g/mol. The smallest absolute Gasteiger partial charge is 0.0981 e. The maximum Gasteiger partial charge on any atom is 0.0981 e. The third-order valence-corrected chi connectivity index (χ3v) is 4.34. The number of hydrazine groups is 1. The number of rotatable bonds is 3. The Labute approximate surface area is 107 Å². The first-order valence-electron chi connectivity index (χ1n) is 4.83. The summed E-state index contributed by atoms with van der Waals surface area (Å²) < 4.78 is 2.92. The number of hydrogen-bond acceptors (Lipinski definition) is 4. The van der Waals surface area contributed by atoms with Crippen molar-refractivity contribution >= 4 is 27.3 Å². The minimum Gasteiger partial charge on any atom is -0.270 e. The normalized spacial score (nSPS) is 13.0. The molecule has 6 heteroatoms. The van der Waals surface area contributed by atoms with Gasteiger partial charge in [-0.25, -0.2) is 5.43 Å². The molecule has 16 heavy (non-hydrogen) atoms. The minimum absolute atomic E-state index is 0.0272. The predicted octanol–water partition coefficient (Wildman–Crippen LogP) is 2.11. The van der Waals surface area contributed by atoms with E-state index in [2.05, 4.69) is 26.5 Å². The van der Waals surface area contributed by atoms with Crippen molar-refractivity contribution in [3.63, 3.8) is 0 Å². The Morgan fingerprint density at radius 2 is 2.38 bits per heavy atom.